The lowest BCUT2D eigenvalue weighted by molar-refractivity contribution is 0.0974. The molecule has 5 rings (SSSR count). The maximum absolute atomic E-state index is 13.3. The first-order chi connectivity index (χ1) is 20.1. The minimum Gasteiger partial charge on any atom is -0.507 e. The number of aryl methyl sites for hydroxylation is 2. The molecule has 3 N–H and O–H groups in total. The van der Waals surface area contributed by atoms with Crippen LogP contribution in [0.1, 0.15) is 109 Å². The van der Waals surface area contributed by atoms with Crippen LogP contribution in [0.4, 0.5) is 11.4 Å². The van der Waals surface area contributed by atoms with Crippen molar-refractivity contribution in [2.45, 2.75) is 80.1 Å². The predicted octanol–water partition coefficient (Wildman–Crippen LogP) is 9.54. The summed E-state index contributed by atoms with van der Waals surface area (Å²) < 4.78 is 0. The standard InChI is InChI=1S/C25H23NO4.C11H16.C2H6/c1-13-5-10-16(26-15-8-6-14(7-9-15)25(2,3)4)20-19(13)23(29)21-17(27)11-12-18(28)22(21)24(20)30;1-9-5-7-10(8-6-9)11(2,3)4;1-2/h5-12,26-28H,1-4H3;5-8H,1-4H3;1-2H3. The van der Waals surface area contributed by atoms with Gasteiger partial charge in [0.2, 0.25) is 0 Å². The van der Waals surface area contributed by atoms with Crippen molar-refractivity contribution in [1.82, 2.24) is 0 Å². The van der Waals surface area contributed by atoms with E-state index in [1.165, 1.54) is 28.8 Å². The van der Waals surface area contributed by atoms with E-state index in [1.54, 1.807) is 19.1 Å². The smallest absolute Gasteiger partial charge is 0.200 e. The zero-order valence-electron chi connectivity index (χ0n) is 27.1. The molecule has 1 aliphatic carbocycles. The van der Waals surface area contributed by atoms with Gasteiger partial charge in [-0.15, -0.1) is 0 Å². The molecule has 5 heteroatoms. The zero-order valence-corrected chi connectivity index (χ0v) is 27.1. The number of carbonyl (C=O) groups is 2. The number of phenols is 2. The molecule has 0 amide bonds. The maximum Gasteiger partial charge on any atom is 0.200 e. The summed E-state index contributed by atoms with van der Waals surface area (Å²) in [7, 11) is 0. The number of carbonyl (C=O) groups excluding carboxylic acids is 2. The number of anilines is 2. The van der Waals surface area contributed by atoms with Crippen LogP contribution in [0.2, 0.25) is 0 Å². The van der Waals surface area contributed by atoms with Crippen molar-refractivity contribution < 1.29 is 19.8 Å². The van der Waals surface area contributed by atoms with Gasteiger partial charge < -0.3 is 15.5 Å². The van der Waals surface area contributed by atoms with Crippen molar-refractivity contribution in [2.24, 2.45) is 0 Å². The van der Waals surface area contributed by atoms with Crippen LogP contribution in [0, 0.1) is 13.8 Å². The Kier molecular flexibility index (Phi) is 9.91. The molecule has 4 aromatic rings. The monoisotopic (exact) mass is 579 g/mol. The zero-order chi connectivity index (χ0) is 32.3. The highest BCUT2D eigenvalue weighted by atomic mass is 16.3. The van der Waals surface area contributed by atoms with Crippen LogP contribution in [-0.4, -0.2) is 21.8 Å². The van der Waals surface area contributed by atoms with E-state index in [9.17, 15) is 19.8 Å². The third-order valence-corrected chi connectivity index (χ3v) is 7.43. The molecule has 0 radical (unpaired) electrons. The molecule has 0 saturated heterocycles. The molecule has 0 aromatic heterocycles. The van der Waals surface area contributed by atoms with Crippen molar-refractivity contribution in [3.8, 4) is 11.5 Å². The van der Waals surface area contributed by atoms with Gasteiger partial charge >= 0.3 is 0 Å². The summed E-state index contributed by atoms with van der Waals surface area (Å²) in [5, 5.41) is 23.7. The Labute approximate surface area is 256 Å². The molecule has 0 spiro atoms. The lowest BCUT2D eigenvalue weighted by Crippen LogP contribution is -2.23. The second kappa shape index (κ2) is 12.9. The highest BCUT2D eigenvalue weighted by molar-refractivity contribution is 6.32. The van der Waals surface area contributed by atoms with Gasteiger partial charge in [0, 0.05) is 11.3 Å². The van der Waals surface area contributed by atoms with E-state index >= 15 is 0 Å². The Morgan fingerprint density at radius 1 is 0.535 bits per heavy atom. The second-order valence-corrected chi connectivity index (χ2v) is 12.8. The predicted molar refractivity (Wildman–Crippen MR) is 177 cm³/mol. The van der Waals surface area contributed by atoms with Gasteiger partial charge in [-0.3, -0.25) is 9.59 Å². The van der Waals surface area contributed by atoms with E-state index in [2.05, 4.69) is 78.0 Å². The third-order valence-electron chi connectivity index (χ3n) is 7.43. The summed E-state index contributed by atoms with van der Waals surface area (Å²) in [5.74, 6) is -1.61. The van der Waals surface area contributed by atoms with Gasteiger partial charge in [-0.05, 0) is 71.7 Å². The van der Waals surface area contributed by atoms with E-state index in [0.29, 0.717) is 11.3 Å². The van der Waals surface area contributed by atoms with Crippen molar-refractivity contribution in [3.05, 3.63) is 117 Å². The van der Waals surface area contributed by atoms with Crippen LogP contribution in [0.25, 0.3) is 0 Å². The van der Waals surface area contributed by atoms with Crippen molar-refractivity contribution >= 4 is 22.9 Å². The summed E-state index contributed by atoms with van der Waals surface area (Å²) >= 11 is 0. The average molecular weight is 580 g/mol. The highest BCUT2D eigenvalue weighted by Crippen LogP contribution is 2.41. The number of phenolic OH excluding ortho intramolecular Hbond substituents is 2. The fourth-order valence-corrected chi connectivity index (χ4v) is 4.89. The number of ketones is 2. The highest BCUT2D eigenvalue weighted by Gasteiger charge is 2.37. The second-order valence-electron chi connectivity index (χ2n) is 12.8. The van der Waals surface area contributed by atoms with Crippen molar-refractivity contribution in [2.75, 3.05) is 5.32 Å². The number of hydrogen-bond donors (Lipinski definition) is 3. The van der Waals surface area contributed by atoms with E-state index in [-0.39, 0.29) is 44.6 Å². The van der Waals surface area contributed by atoms with Crippen LogP contribution < -0.4 is 5.32 Å². The lowest BCUT2D eigenvalue weighted by atomic mass is 9.80. The summed E-state index contributed by atoms with van der Waals surface area (Å²) in [6.07, 6.45) is 0. The number of rotatable bonds is 2. The first-order valence-electron chi connectivity index (χ1n) is 14.8. The molecule has 0 bridgehead atoms. The Morgan fingerprint density at radius 2 is 0.953 bits per heavy atom. The Morgan fingerprint density at radius 3 is 1.40 bits per heavy atom. The first-order valence-corrected chi connectivity index (χ1v) is 14.8. The normalized spacial score (nSPS) is 12.2. The molecule has 226 valence electrons. The summed E-state index contributed by atoms with van der Waals surface area (Å²) in [6.45, 7) is 21.0. The number of hydrogen-bond acceptors (Lipinski definition) is 5. The van der Waals surface area contributed by atoms with Gasteiger partial charge in [-0.1, -0.05) is 103 Å². The van der Waals surface area contributed by atoms with Gasteiger partial charge in [0.25, 0.3) is 0 Å². The Bertz CT molecular complexity index is 1620. The Balaban J connectivity index is 0.000000327. The number of benzene rings is 4. The number of fused-ring (bicyclic) bond motifs is 2. The van der Waals surface area contributed by atoms with Gasteiger partial charge in [0.15, 0.2) is 11.6 Å². The maximum atomic E-state index is 13.3. The van der Waals surface area contributed by atoms with Gasteiger partial charge in [-0.25, -0.2) is 0 Å². The van der Waals surface area contributed by atoms with Crippen molar-refractivity contribution in [1.29, 1.82) is 0 Å². The SMILES string of the molecule is CC.Cc1ccc(C(C)(C)C)cc1.Cc1ccc(Nc2ccc(C(C)(C)C)cc2)c2c1C(=O)c1c(O)ccc(O)c1C2=O. The van der Waals surface area contributed by atoms with Crippen LogP contribution in [0.15, 0.2) is 72.8 Å². The minimum atomic E-state index is -0.495. The molecule has 0 atom stereocenters. The molecule has 1 aliphatic rings. The molecule has 0 saturated carbocycles. The molecule has 0 fully saturated rings. The van der Waals surface area contributed by atoms with Crippen molar-refractivity contribution in [3.63, 3.8) is 0 Å². The Hall–Kier alpha value is -4.38. The molecule has 5 nitrogen and oxygen atoms in total. The molecular weight excluding hydrogens is 534 g/mol. The van der Waals surface area contributed by atoms with Gasteiger partial charge in [0.05, 0.1) is 22.4 Å². The number of nitrogens with one attached hydrogen (secondary N) is 1. The fourth-order valence-electron chi connectivity index (χ4n) is 4.89. The van der Waals surface area contributed by atoms with E-state index in [4.69, 9.17) is 0 Å². The lowest BCUT2D eigenvalue weighted by Gasteiger charge is -2.24. The van der Waals surface area contributed by atoms with Crippen LogP contribution >= 0.6 is 0 Å². The molecule has 0 aliphatic heterocycles. The minimum absolute atomic E-state index is 0.0210. The largest absolute Gasteiger partial charge is 0.507 e. The topological polar surface area (TPSA) is 86.6 Å². The first kappa shape index (κ1) is 33.1. The molecule has 4 aromatic carbocycles. The summed E-state index contributed by atoms with van der Waals surface area (Å²) in [5.41, 5.74) is 6.24. The summed E-state index contributed by atoms with van der Waals surface area (Å²) in [6, 6.07) is 22.6. The van der Waals surface area contributed by atoms with Crippen LogP contribution in [0.5, 0.6) is 11.5 Å². The van der Waals surface area contributed by atoms with Gasteiger partial charge in [0.1, 0.15) is 11.5 Å². The molecule has 0 unspecified atom stereocenters. The fraction of sp³-hybridized carbons (Fsp3) is 0.316. The van der Waals surface area contributed by atoms with E-state index in [1.807, 2.05) is 38.1 Å². The van der Waals surface area contributed by atoms with E-state index < -0.39 is 11.6 Å². The van der Waals surface area contributed by atoms with Gasteiger partial charge in [-0.2, -0.15) is 0 Å². The number of aromatic hydroxyl groups is 2. The molecule has 0 heterocycles. The van der Waals surface area contributed by atoms with Crippen LogP contribution in [-0.2, 0) is 10.8 Å². The van der Waals surface area contributed by atoms with Crippen LogP contribution in [0.3, 0.4) is 0 Å². The molecular formula is C38H45NO4. The average Bonchev–Trinajstić information content (AvgIpc) is 2.95. The van der Waals surface area contributed by atoms with E-state index in [0.717, 1.165) is 5.69 Å². The quantitative estimate of drug-likeness (QED) is 0.181. The molecule has 43 heavy (non-hydrogen) atoms. The summed E-state index contributed by atoms with van der Waals surface area (Å²) in [4.78, 5) is 26.5. The third kappa shape index (κ3) is 7.16.